The number of fused-ring (bicyclic) bond motifs is 6. The number of aromatic nitrogens is 1. The van der Waals surface area contributed by atoms with Gasteiger partial charge in [0, 0.05) is 37.3 Å². The van der Waals surface area contributed by atoms with Gasteiger partial charge in [-0.2, -0.15) is 5.26 Å². The van der Waals surface area contributed by atoms with Crippen LogP contribution in [0.15, 0.2) is 36.4 Å². The molecule has 0 saturated carbocycles. The summed E-state index contributed by atoms with van der Waals surface area (Å²) in [6, 6.07) is 13.2. The molecule has 7 nitrogen and oxygen atoms in total. The maximum Gasteiger partial charge on any atom is 0.205 e. The van der Waals surface area contributed by atoms with E-state index in [1.54, 1.807) is 19.2 Å². The molecule has 0 amide bonds. The Hall–Kier alpha value is -2.83. The third-order valence-corrected chi connectivity index (χ3v) is 13.5. The van der Waals surface area contributed by atoms with Crippen LogP contribution in [0.25, 0.3) is 16.5 Å². The van der Waals surface area contributed by atoms with Crippen LogP contribution < -0.4 is 0 Å². The van der Waals surface area contributed by atoms with Crippen LogP contribution in [0.2, 0.25) is 18.1 Å². The van der Waals surface area contributed by atoms with Crippen molar-refractivity contribution < 1.29 is 24.1 Å². The van der Waals surface area contributed by atoms with E-state index in [1.807, 2.05) is 31.2 Å². The van der Waals surface area contributed by atoms with E-state index in [0.29, 0.717) is 41.8 Å². The lowest BCUT2D eigenvalue weighted by Gasteiger charge is -2.37. The summed E-state index contributed by atoms with van der Waals surface area (Å²) in [4.78, 5) is 0. The van der Waals surface area contributed by atoms with E-state index in [0.717, 1.165) is 10.8 Å². The first-order valence-corrected chi connectivity index (χ1v) is 15.7. The highest BCUT2D eigenvalue weighted by Gasteiger charge is 2.66. The molecular weight excluding hydrogens is 484 g/mol. The maximum absolute atomic E-state index is 11.7. The molecule has 0 aliphatic carbocycles. The predicted octanol–water partition coefficient (Wildman–Crippen LogP) is 6.18. The SMILES string of the molecule is CO[C@H]1CC2(CCO[Si](C)(C)C(C)(C)C)OC1(C)c1c2c(O)n(-c2ccc(C#N)c3ccccc23)c1O. The highest BCUT2D eigenvalue weighted by atomic mass is 28.4. The topological polar surface area (TPSA) is 96.9 Å². The molecule has 3 heterocycles. The van der Waals surface area contributed by atoms with Gasteiger partial charge in [0.25, 0.3) is 0 Å². The summed E-state index contributed by atoms with van der Waals surface area (Å²) in [7, 11) is -0.332. The number of benzene rings is 2. The second kappa shape index (κ2) is 8.33. The van der Waals surface area contributed by atoms with E-state index in [9.17, 15) is 15.5 Å². The van der Waals surface area contributed by atoms with Crippen molar-refractivity contribution in [2.24, 2.45) is 0 Å². The molecule has 3 aromatic rings. The van der Waals surface area contributed by atoms with Gasteiger partial charge in [0.05, 0.1) is 34.6 Å². The van der Waals surface area contributed by atoms with Gasteiger partial charge < -0.3 is 24.1 Å². The zero-order valence-corrected chi connectivity index (χ0v) is 23.7. The Balaban J connectivity index is 1.64. The molecule has 37 heavy (non-hydrogen) atoms. The molecular formula is C29H36N2O5Si. The second-order valence-electron chi connectivity index (χ2n) is 12.0. The van der Waals surface area contributed by atoms with Crippen molar-refractivity contribution >= 4 is 19.1 Å². The third kappa shape index (κ3) is 3.56. The highest BCUT2D eigenvalue weighted by Crippen LogP contribution is 2.66. The van der Waals surface area contributed by atoms with Gasteiger partial charge in [0.15, 0.2) is 8.32 Å². The molecule has 2 aliphatic rings. The van der Waals surface area contributed by atoms with E-state index in [4.69, 9.17) is 13.9 Å². The number of ether oxygens (including phenoxy) is 2. The molecule has 8 heteroatoms. The summed E-state index contributed by atoms with van der Waals surface area (Å²) in [5.74, 6) is -0.119. The van der Waals surface area contributed by atoms with Crippen molar-refractivity contribution in [1.82, 2.24) is 4.57 Å². The van der Waals surface area contributed by atoms with E-state index in [2.05, 4.69) is 39.9 Å². The molecule has 2 aliphatic heterocycles. The Morgan fingerprint density at radius 2 is 1.76 bits per heavy atom. The van der Waals surface area contributed by atoms with Gasteiger partial charge in [-0.15, -0.1) is 0 Å². The number of rotatable bonds is 6. The van der Waals surface area contributed by atoms with Gasteiger partial charge in [-0.3, -0.25) is 4.57 Å². The fourth-order valence-corrected chi connectivity index (χ4v) is 6.94. The molecule has 1 fully saturated rings. The number of hydrogen-bond donors (Lipinski definition) is 2. The lowest BCUT2D eigenvalue weighted by Crippen LogP contribution is -2.42. The van der Waals surface area contributed by atoms with Gasteiger partial charge in [-0.05, 0) is 37.2 Å². The predicted molar refractivity (Wildman–Crippen MR) is 145 cm³/mol. The second-order valence-corrected chi connectivity index (χ2v) is 16.8. The molecule has 2 N–H and O–H groups in total. The maximum atomic E-state index is 11.7. The van der Waals surface area contributed by atoms with Crippen molar-refractivity contribution in [3.05, 3.63) is 53.1 Å². The minimum Gasteiger partial charge on any atom is -0.494 e. The monoisotopic (exact) mass is 520 g/mol. The first-order chi connectivity index (χ1) is 17.3. The fraction of sp³-hybridized carbons (Fsp3) is 0.483. The van der Waals surface area contributed by atoms with Gasteiger partial charge in [0.1, 0.15) is 11.2 Å². The van der Waals surface area contributed by atoms with Gasteiger partial charge in [-0.1, -0.05) is 45.0 Å². The molecule has 2 unspecified atom stereocenters. The Bertz CT molecular complexity index is 1430. The normalized spacial score (nSPS) is 25.0. The van der Waals surface area contributed by atoms with E-state index in [1.165, 1.54) is 4.57 Å². The summed E-state index contributed by atoms with van der Waals surface area (Å²) in [5.41, 5.74) is 0.533. The largest absolute Gasteiger partial charge is 0.494 e. The molecule has 2 aromatic carbocycles. The molecule has 1 aromatic heterocycles. The lowest BCUT2D eigenvalue weighted by atomic mass is 9.76. The minimum atomic E-state index is -1.99. The summed E-state index contributed by atoms with van der Waals surface area (Å²) >= 11 is 0. The molecule has 196 valence electrons. The fourth-order valence-electron chi connectivity index (χ4n) is 5.90. The number of aromatic hydroxyl groups is 2. The van der Waals surface area contributed by atoms with E-state index in [-0.39, 0.29) is 22.9 Å². The van der Waals surface area contributed by atoms with Crippen LogP contribution >= 0.6 is 0 Å². The van der Waals surface area contributed by atoms with Crippen LogP contribution in [0.1, 0.15) is 57.2 Å². The highest BCUT2D eigenvalue weighted by molar-refractivity contribution is 6.74. The van der Waals surface area contributed by atoms with Crippen LogP contribution in [0, 0.1) is 11.3 Å². The van der Waals surface area contributed by atoms with Crippen LogP contribution in [-0.2, 0) is 25.1 Å². The van der Waals surface area contributed by atoms with Crippen LogP contribution in [0.5, 0.6) is 11.8 Å². The Morgan fingerprint density at radius 3 is 2.38 bits per heavy atom. The molecule has 2 bridgehead atoms. The lowest BCUT2D eigenvalue weighted by molar-refractivity contribution is -0.113. The zero-order chi connectivity index (χ0) is 27.0. The number of nitriles is 1. The van der Waals surface area contributed by atoms with Crippen molar-refractivity contribution in [2.45, 2.75) is 76.0 Å². The summed E-state index contributed by atoms with van der Waals surface area (Å²) < 4.78 is 20.5. The van der Waals surface area contributed by atoms with Gasteiger partial charge in [-0.25, -0.2) is 0 Å². The van der Waals surface area contributed by atoms with Crippen LogP contribution in [0.3, 0.4) is 0 Å². The molecule has 3 atom stereocenters. The van der Waals surface area contributed by atoms with Crippen molar-refractivity contribution in [2.75, 3.05) is 13.7 Å². The molecule has 1 saturated heterocycles. The summed E-state index contributed by atoms with van der Waals surface area (Å²) in [6.07, 6.45) is 0.804. The Labute approximate surface area is 219 Å². The standard InChI is InChI=1S/C29H36N2O5Si/c1-27(2,3)37(6,7)35-15-14-29-16-22(34-5)28(4,36-29)23-24(29)26(33)31(25(23)32)21-13-12-18(17-30)19-10-8-9-11-20(19)21/h8-13,22,32-33H,14-16H2,1-7H3/t22-,28?,29?/m0/s1. The van der Waals surface area contributed by atoms with E-state index >= 15 is 0 Å². The average Bonchev–Trinajstić information content (AvgIpc) is 3.39. The molecule has 5 rings (SSSR count). The third-order valence-electron chi connectivity index (χ3n) is 8.93. The molecule has 0 radical (unpaired) electrons. The van der Waals surface area contributed by atoms with Gasteiger partial charge >= 0.3 is 0 Å². The number of hydrogen-bond acceptors (Lipinski definition) is 6. The van der Waals surface area contributed by atoms with Crippen LogP contribution in [0.4, 0.5) is 0 Å². The Kier molecular flexibility index (Phi) is 5.81. The van der Waals surface area contributed by atoms with Crippen molar-refractivity contribution in [3.8, 4) is 23.5 Å². The van der Waals surface area contributed by atoms with E-state index < -0.39 is 19.5 Å². The number of nitrogens with zero attached hydrogens (tertiary/aromatic N) is 2. The average molecular weight is 521 g/mol. The van der Waals surface area contributed by atoms with Crippen LogP contribution in [-0.4, -0.2) is 42.9 Å². The zero-order valence-electron chi connectivity index (χ0n) is 22.7. The molecule has 0 spiro atoms. The summed E-state index contributed by atoms with van der Waals surface area (Å²) in [6.45, 7) is 13.5. The first-order valence-electron chi connectivity index (χ1n) is 12.8. The number of methoxy groups -OCH3 is 1. The Morgan fingerprint density at radius 1 is 1.11 bits per heavy atom. The smallest absolute Gasteiger partial charge is 0.205 e. The van der Waals surface area contributed by atoms with Crippen molar-refractivity contribution in [1.29, 1.82) is 5.26 Å². The quantitative estimate of drug-likeness (QED) is 0.377. The first kappa shape index (κ1) is 25.8. The minimum absolute atomic E-state index is 0.0482. The van der Waals surface area contributed by atoms with Crippen molar-refractivity contribution in [3.63, 3.8) is 0 Å². The van der Waals surface area contributed by atoms with Gasteiger partial charge in [0.2, 0.25) is 11.8 Å². The summed E-state index contributed by atoms with van der Waals surface area (Å²) in [5, 5.41) is 34.5.